The van der Waals surface area contributed by atoms with Crippen LogP contribution in [0.3, 0.4) is 0 Å². The Morgan fingerprint density at radius 2 is 1.48 bits per heavy atom. The van der Waals surface area contributed by atoms with E-state index in [9.17, 15) is 9.90 Å². The monoisotopic (exact) mass is 351 g/mol. The first-order valence-corrected chi connectivity index (χ1v) is 9.13. The number of rotatable bonds is 5. The fourth-order valence-corrected chi connectivity index (χ4v) is 4.80. The third kappa shape index (κ3) is 3.76. The summed E-state index contributed by atoms with van der Waals surface area (Å²) in [7, 11) is 0.958. The molecule has 126 valence electrons. The van der Waals surface area contributed by atoms with Crippen LogP contribution < -0.4 is 0 Å². The van der Waals surface area contributed by atoms with Crippen molar-refractivity contribution in [3.05, 3.63) is 90.0 Å². The summed E-state index contributed by atoms with van der Waals surface area (Å²) in [6, 6.07) is 25.5. The van der Waals surface area contributed by atoms with Crippen LogP contribution in [0.1, 0.15) is 15.9 Å². The van der Waals surface area contributed by atoms with Gasteiger partial charge in [0.2, 0.25) is 0 Å². The SMILES string of the molecule is COC(=O)c1ccccc1[S+](c1ccccc1)c1ccc(CO)cc1. The zero-order valence-corrected chi connectivity index (χ0v) is 14.7. The molecule has 3 aromatic rings. The molecule has 0 saturated heterocycles. The van der Waals surface area contributed by atoms with Crippen LogP contribution in [0.5, 0.6) is 0 Å². The average Bonchev–Trinajstić information content (AvgIpc) is 2.69. The lowest BCUT2D eigenvalue weighted by atomic mass is 10.2. The minimum absolute atomic E-state index is 0.0120. The summed E-state index contributed by atoms with van der Waals surface area (Å²) in [5.74, 6) is -0.337. The van der Waals surface area contributed by atoms with E-state index < -0.39 is 10.9 Å². The predicted molar refractivity (Wildman–Crippen MR) is 98.8 cm³/mol. The molecular formula is C21H19O3S+. The van der Waals surface area contributed by atoms with Crippen molar-refractivity contribution in [3.8, 4) is 0 Å². The van der Waals surface area contributed by atoms with Crippen molar-refractivity contribution in [1.29, 1.82) is 0 Å². The molecule has 0 saturated carbocycles. The number of hydrogen-bond donors (Lipinski definition) is 1. The standard InChI is InChI=1S/C21H19O3S/c1-24-21(23)19-9-5-6-10-20(19)25(17-7-3-2-4-8-17)18-13-11-16(15-22)12-14-18/h2-14,22H,15H2,1H3/q+1. The Morgan fingerprint density at radius 3 is 2.12 bits per heavy atom. The summed E-state index contributed by atoms with van der Waals surface area (Å²) in [5.41, 5.74) is 1.44. The smallest absolute Gasteiger partial charge is 0.343 e. The van der Waals surface area contributed by atoms with Crippen LogP contribution >= 0.6 is 0 Å². The van der Waals surface area contributed by atoms with Gasteiger partial charge in [-0.2, -0.15) is 0 Å². The maximum Gasteiger partial charge on any atom is 0.343 e. The first-order chi connectivity index (χ1) is 12.2. The molecule has 3 rings (SSSR count). The quantitative estimate of drug-likeness (QED) is 0.557. The van der Waals surface area contributed by atoms with E-state index in [1.54, 1.807) is 6.07 Å². The predicted octanol–water partition coefficient (Wildman–Crippen LogP) is 4.06. The van der Waals surface area contributed by atoms with Crippen LogP contribution in [0.25, 0.3) is 0 Å². The number of benzene rings is 3. The van der Waals surface area contributed by atoms with Gasteiger partial charge in [0.25, 0.3) is 0 Å². The van der Waals surface area contributed by atoms with Crippen LogP contribution in [0, 0.1) is 0 Å². The van der Waals surface area contributed by atoms with Gasteiger partial charge in [0.15, 0.2) is 14.7 Å². The van der Waals surface area contributed by atoms with Crippen molar-refractivity contribution in [1.82, 2.24) is 0 Å². The van der Waals surface area contributed by atoms with E-state index in [2.05, 4.69) is 12.1 Å². The molecule has 1 atom stereocenters. The minimum atomic E-state index is -0.441. The largest absolute Gasteiger partial charge is 0.465 e. The van der Waals surface area contributed by atoms with E-state index in [4.69, 9.17) is 4.74 Å². The highest BCUT2D eigenvalue weighted by Gasteiger charge is 2.33. The topological polar surface area (TPSA) is 46.5 Å². The number of aliphatic hydroxyl groups excluding tert-OH is 1. The molecule has 0 aliphatic carbocycles. The average molecular weight is 351 g/mol. The molecule has 0 aromatic heterocycles. The normalized spacial score (nSPS) is 11.8. The van der Waals surface area contributed by atoms with Crippen LogP contribution in [0.2, 0.25) is 0 Å². The maximum absolute atomic E-state index is 12.3. The Morgan fingerprint density at radius 1 is 0.880 bits per heavy atom. The molecule has 0 radical (unpaired) electrons. The highest BCUT2D eigenvalue weighted by atomic mass is 32.2. The summed E-state index contributed by atoms with van der Waals surface area (Å²) in [5, 5.41) is 9.29. The van der Waals surface area contributed by atoms with Crippen molar-refractivity contribution in [3.63, 3.8) is 0 Å². The molecule has 0 fully saturated rings. The van der Waals surface area contributed by atoms with Gasteiger partial charge in [-0.25, -0.2) is 4.79 Å². The Kier molecular flexibility index (Phi) is 5.53. The minimum Gasteiger partial charge on any atom is -0.465 e. The summed E-state index contributed by atoms with van der Waals surface area (Å²) in [6.45, 7) is 0.0120. The van der Waals surface area contributed by atoms with Gasteiger partial charge >= 0.3 is 5.97 Å². The van der Waals surface area contributed by atoms with Crippen LogP contribution in [-0.2, 0) is 22.2 Å². The summed E-state index contributed by atoms with van der Waals surface area (Å²) >= 11 is 0. The van der Waals surface area contributed by atoms with Gasteiger partial charge in [0, 0.05) is 0 Å². The van der Waals surface area contributed by atoms with Crippen LogP contribution in [0.4, 0.5) is 0 Å². The Balaban J connectivity index is 2.17. The van der Waals surface area contributed by atoms with Gasteiger partial charge in [-0.05, 0) is 42.0 Å². The van der Waals surface area contributed by atoms with Gasteiger partial charge < -0.3 is 9.84 Å². The van der Waals surface area contributed by atoms with Gasteiger partial charge in [0.1, 0.15) is 16.5 Å². The lowest BCUT2D eigenvalue weighted by Gasteiger charge is -2.11. The molecule has 0 amide bonds. The molecular weight excluding hydrogens is 332 g/mol. The number of methoxy groups -OCH3 is 1. The second-order valence-corrected chi connectivity index (χ2v) is 7.40. The molecule has 0 heterocycles. The first-order valence-electron chi connectivity index (χ1n) is 7.91. The number of hydrogen-bond acceptors (Lipinski definition) is 3. The highest BCUT2D eigenvalue weighted by molar-refractivity contribution is 7.97. The number of esters is 1. The number of carbonyl (C=O) groups is 1. The fourth-order valence-electron chi connectivity index (χ4n) is 2.60. The molecule has 0 aliphatic rings. The van der Waals surface area contributed by atoms with Crippen LogP contribution in [-0.4, -0.2) is 18.2 Å². The third-order valence-corrected chi connectivity index (χ3v) is 6.12. The second kappa shape index (κ2) is 8.01. The van der Waals surface area contributed by atoms with Gasteiger partial charge in [-0.15, -0.1) is 0 Å². The Labute approximate surface area is 150 Å². The first kappa shape index (κ1) is 17.3. The van der Waals surface area contributed by atoms with E-state index in [0.717, 1.165) is 20.2 Å². The van der Waals surface area contributed by atoms with Crippen molar-refractivity contribution < 1.29 is 14.6 Å². The maximum atomic E-state index is 12.3. The summed E-state index contributed by atoms with van der Waals surface area (Å²) < 4.78 is 4.97. The zero-order chi connectivity index (χ0) is 17.6. The molecule has 1 N–H and O–H groups in total. The lowest BCUT2D eigenvalue weighted by Crippen LogP contribution is -2.12. The molecule has 25 heavy (non-hydrogen) atoms. The van der Waals surface area contributed by atoms with E-state index in [0.29, 0.717) is 5.56 Å². The lowest BCUT2D eigenvalue weighted by molar-refractivity contribution is 0.0596. The number of carbonyl (C=O) groups excluding carboxylic acids is 1. The van der Waals surface area contributed by atoms with E-state index in [1.807, 2.05) is 60.7 Å². The van der Waals surface area contributed by atoms with Gasteiger partial charge in [-0.3, -0.25) is 0 Å². The van der Waals surface area contributed by atoms with E-state index in [-0.39, 0.29) is 12.6 Å². The Hall–Kier alpha value is -2.56. The molecule has 0 spiro atoms. The van der Waals surface area contributed by atoms with Crippen molar-refractivity contribution >= 4 is 16.9 Å². The molecule has 3 nitrogen and oxygen atoms in total. The number of ether oxygens (including phenoxy) is 1. The van der Waals surface area contributed by atoms with Gasteiger partial charge in [0.05, 0.1) is 13.7 Å². The second-order valence-electron chi connectivity index (χ2n) is 5.41. The summed E-state index contributed by atoms with van der Waals surface area (Å²) in [6.07, 6.45) is 0. The third-order valence-electron chi connectivity index (χ3n) is 3.83. The molecule has 1 unspecified atom stereocenters. The van der Waals surface area contributed by atoms with Crippen molar-refractivity contribution in [2.75, 3.05) is 7.11 Å². The van der Waals surface area contributed by atoms with Crippen molar-refractivity contribution in [2.24, 2.45) is 0 Å². The zero-order valence-electron chi connectivity index (χ0n) is 13.9. The molecule has 3 aromatic carbocycles. The fraction of sp³-hybridized carbons (Fsp3) is 0.0952. The van der Waals surface area contributed by atoms with E-state index >= 15 is 0 Å². The number of aliphatic hydroxyl groups is 1. The Bertz CT molecular complexity index is 845. The summed E-state index contributed by atoms with van der Waals surface area (Å²) in [4.78, 5) is 15.4. The van der Waals surface area contributed by atoms with Crippen molar-refractivity contribution in [2.45, 2.75) is 21.3 Å². The molecule has 4 heteroatoms. The highest BCUT2D eigenvalue weighted by Crippen LogP contribution is 2.33. The van der Waals surface area contributed by atoms with Gasteiger partial charge in [-0.1, -0.05) is 42.5 Å². The molecule has 0 bridgehead atoms. The molecule has 0 aliphatic heterocycles. The van der Waals surface area contributed by atoms with E-state index in [1.165, 1.54) is 7.11 Å². The van der Waals surface area contributed by atoms with Crippen LogP contribution in [0.15, 0.2) is 93.5 Å².